The molecule has 1 heteroatoms. The van der Waals surface area contributed by atoms with Crippen molar-refractivity contribution in [3.63, 3.8) is 0 Å². The zero-order valence-corrected chi connectivity index (χ0v) is 4.79. The quantitative estimate of drug-likeness (QED) is 0.509. The standard InChI is InChI=1S/C4H8Br/c1-2-3-4-5/h1-4H2. The zero-order chi connectivity index (χ0) is 4.12. The molecule has 0 N–H and O–H groups in total. The fraction of sp³-hybridized carbons (Fsp3) is 0.750. The molecule has 0 bridgehead atoms. The maximum absolute atomic E-state index is 3.65. The number of hydrogen-bond donors (Lipinski definition) is 0. The Kier molecular flexibility index (Phi) is 4.91. The van der Waals surface area contributed by atoms with E-state index in [4.69, 9.17) is 0 Å². The fourth-order valence-electron chi connectivity index (χ4n) is 0.0945. The molecule has 0 atom stereocenters. The molecule has 0 spiro atoms. The van der Waals surface area contributed by atoms with Gasteiger partial charge >= 0.3 is 0 Å². The lowest BCUT2D eigenvalue weighted by Gasteiger charge is -1.77. The van der Waals surface area contributed by atoms with E-state index in [-0.39, 0.29) is 0 Å². The third kappa shape index (κ3) is 4.48. The summed E-state index contributed by atoms with van der Waals surface area (Å²) in [4.78, 5) is 0. The van der Waals surface area contributed by atoms with Crippen LogP contribution in [0.15, 0.2) is 0 Å². The minimum atomic E-state index is 1.05. The summed E-state index contributed by atoms with van der Waals surface area (Å²) in [7, 11) is 0. The molecular formula is C4H8Br. The summed E-state index contributed by atoms with van der Waals surface area (Å²) in [6.07, 6.45) is 2.24. The number of unbranched alkanes of at least 4 members (excludes halogenated alkanes) is 1. The van der Waals surface area contributed by atoms with Gasteiger partial charge in [0.2, 0.25) is 0 Å². The number of halogens is 1. The molecule has 0 aliphatic rings. The van der Waals surface area contributed by atoms with Crippen LogP contribution in [0.3, 0.4) is 0 Å². The van der Waals surface area contributed by atoms with Gasteiger partial charge in [-0.05, 0) is 6.42 Å². The van der Waals surface area contributed by atoms with Gasteiger partial charge in [-0.2, -0.15) is 0 Å². The molecule has 0 aromatic rings. The minimum Gasteiger partial charge on any atom is -0.0928 e. The Morgan fingerprint density at radius 3 is 2.20 bits per heavy atom. The minimum absolute atomic E-state index is 1.05. The first-order chi connectivity index (χ1) is 2.41. The van der Waals surface area contributed by atoms with Crippen LogP contribution in [0.1, 0.15) is 12.8 Å². The summed E-state index contributed by atoms with van der Waals surface area (Å²) in [6, 6.07) is 0. The van der Waals surface area contributed by atoms with Crippen LogP contribution in [-0.4, -0.2) is 5.33 Å². The van der Waals surface area contributed by atoms with E-state index in [9.17, 15) is 0 Å². The lowest BCUT2D eigenvalue weighted by molar-refractivity contribution is 0.977. The second-order valence-corrected chi connectivity index (χ2v) is 1.69. The Morgan fingerprint density at radius 2 is 2.20 bits per heavy atom. The summed E-state index contributed by atoms with van der Waals surface area (Å²) in [5.41, 5.74) is 0. The van der Waals surface area contributed by atoms with E-state index in [0.29, 0.717) is 0 Å². The molecule has 0 fully saturated rings. The molecule has 0 heterocycles. The first-order valence-electron chi connectivity index (χ1n) is 1.77. The lowest BCUT2D eigenvalue weighted by atomic mass is 10.4. The highest BCUT2D eigenvalue weighted by Gasteiger charge is 1.70. The van der Waals surface area contributed by atoms with Crippen LogP contribution >= 0.6 is 15.9 Å². The van der Waals surface area contributed by atoms with E-state index in [1.54, 1.807) is 0 Å². The molecule has 0 nitrogen and oxygen atoms in total. The SMILES string of the molecule is [CH2]CCCBr. The number of rotatable bonds is 2. The first kappa shape index (κ1) is 5.48. The molecule has 0 aromatic heterocycles. The van der Waals surface area contributed by atoms with Crippen LogP contribution in [0.25, 0.3) is 0 Å². The Labute approximate surface area is 41.7 Å². The summed E-state index contributed by atoms with van der Waals surface area (Å²) in [5.74, 6) is 0. The van der Waals surface area contributed by atoms with Gasteiger partial charge in [0.15, 0.2) is 0 Å². The predicted octanol–water partition coefficient (Wildman–Crippen LogP) is 2.00. The maximum Gasteiger partial charge on any atom is 0.00313 e. The number of hydrogen-bond acceptors (Lipinski definition) is 0. The van der Waals surface area contributed by atoms with Crippen molar-refractivity contribution < 1.29 is 0 Å². The smallest absolute Gasteiger partial charge is 0.00313 e. The zero-order valence-electron chi connectivity index (χ0n) is 3.21. The Hall–Kier alpha value is 0.480. The third-order valence-electron chi connectivity index (χ3n) is 0.384. The molecule has 0 aliphatic carbocycles. The van der Waals surface area contributed by atoms with E-state index in [1.807, 2.05) is 0 Å². The lowest BCUT2D eigenvalue weighted by Crippen LogP contribution is -1.64. The van der Waals surface area contributed by atoms with Crippen molar-refractivity contribution in [3.8, 4) is 0 Å². The second kappa shape index (κ2) is 4.48. The molecule has 1 radical (unpaired) electrons. The Morgan fingerprint density at radius 1 is 1.60 bits per heavy atom. The normalized spacial score (nSPS) is 8.40. The van der Waals surface area contributed by atoms with Crippen molar-refractivity contribution in [2.45, 2.75) is 12.8 Å². The van der Waals surface area contributed by atoms with Gasteiger partial charge in [-0.3, -0.25) is 0 Å². The average Bonchev–Trinajstić information content (AvgIpc) is 1.41. The molecule has 5 heavy (non-hydrogen) atoms. The van der Waals surface area contributed by atoms with Crippen molar-refractivity contribution >= 4 is 15.9 Å². The van der Waals surface area contributed by atoms with Gasteiger partial charge in [-0.15, -0.1) is 0 Å². The molecule has 0 aromatic carbocycles. The van der Waals surface area contributed by atoms with Crippen LogP contribution in [0.4, 0.5) is 0 Å². The van der Waals surface area contributed by atoms with E-state index >= 15 is 0 Å². The highest BCUT2D eigenvalue weighted by Crippen LogP contribution is 1.88. The average molecular weight is 136 g/mol. The second-order valence-electron chi connectivity index (χ2n) is 0.896. The highest BCUT2D eigenvalue weighted by atomic mass is 79.9. The Bertz CT molecular complexity index is 11.1. The van der Waals surface area contributed by atoms with E-state index in [2.05, 4.69) is 22.9 Å². The summed E-state index contributed by atoms with van der Waals surface area (Å²) < 4.78 is 0. The van der Waals surface area contributed by atoms with Gasteiger partial charge in [0.1, 0.15) is 0 Å². The van der Waals surface area contributed by atoms with E-state index < -0.39 is 0 Å². The van der Waals surface area contributed by atoms with Crippen molar-refractivity contribution in [1.82, 2.24) is 0 Å². The fourth-order valence-corrected chi connectivity index (χ4v) is 0.491. The molecule has 0 aliphatic heterocycles. The molecule has 0 amide bonds. The molecule has 0 rings (SSSR count). The molecular weight excluding hydrogens is 128 g/mol. The largest absolute Gasteiger partial charge is 0.0928 e. The topological polar surface area (TPSA) is 0 Å². The van der Waals surface area contributed by atoms with Gasteiger partial charge in [-0.1, -0.05) is 29.3 Å². The van der Waals surface area contributed by atoms with Crippen LogP contribution in [0, 0.1) is 6.92 Å². The van der Waals surface area contributed by atoms with E-state index in [1.165, 1.54) is 6.42 Å². The monoisotopic (exact) mass is 135 g/mol. The van der Waals surface area contributed by atoms with Gasteiger partial charge < -0.3 is 0 Å². The maximum atomic E-state index is 3.65. The van der Waals surface area contributed by atoms with Crippen molar-refractivity contribution in [3.05, 3.63) is 6.92 Å². The van der Waals surface area contributed by atoms with Gasteiger partial charge in [0, 0.05) is 5.33 Å². The predicted molar refractivity (Wildman–Crippen MR) is 28.4 cm³/mol. The molecule has 0 unspecified atom stereocenters. The number of alkyl halides is 1. The van der Waals surface area contributed by atoms with Crippen molar-refractivity contribution in [2.24, 2.45) is 0 Å². The Balaban J connectivity index is 2.19. The van der Waals surface area contributed by atoms with Crippen LogP contribution in [0.5, 0.6) is 0 Å². The van der Waals surface area contributed by atoms with Crippen LogP contribution in [-0.2, 0) is 0 Å². The van der Waals surface area contributed by atoms with Crippen molar-refractivity contribution in [2.75, 3.05) is 5.33 Å². The summed E-state index contributed by atoms with van der Waals surface area (Å²) >= 11 is 3.27. The summed E-state index contributed by atoms with van der Waals surface area (Å²) in [5, 5.41) is 1.09. The first-order valence-corrected chi connectivity index (χ1v) is 2.89. The third-order valence-corrected chi connectivity index (χ3v) is 0.944. The molecule has 0 saturated carbocycles. The molecule has 0 saturated heterocycles. The summed E-state index contributed by atoms with van der Waals surface area (Å²) in [6.45, 7) is 3.65. The van der Waals surface area contributed by atoms with Gasteiger partial charge in [0.25, 0.3) is 0 Å². The van der Waals surface area contributed by atoms with Crippen LogP contribution < -0.4 is 0 Å². The molecule has 31 valence electrons. The van der Waals surface area contributed by atoms with Crippen LogP contribution in [0.2, 0.25) is 0 Å². The highest BCUT2D eigenvalue weighted by molar-refractivity contribution is 9.09. The van der Waals surface area contributed by atoms with Gasteiger partial charge in [-0.25, -0.2) is 0 Å². The van der Waals surface area contributed by atoms with Gasteiger partial charge in [0.05, 0.1) is 0 Å². The van der Waals surface area contributed by atoms with Crippen molar-refractivity contribution in [1.29, 1.82) is 0 Å². The van der Waals surface area contributed by atoms with E-state index in [0.717, 1.165) is 11.8 Å².